The molecule has 106 valence electrons. The van der Waals surface area contributed by atoms with Gasteiger partial charge in [-0.1, -0.05) is 17.7 Å². The maximum atomic E-state index is 12.3. The van der Waals surface area contributed by atoms with E-state index in [-0.39, 0.29) is 4.90 Å². The zero-order valence-electron chi connectivity index (χ0n) is 11.1. The molecule has 3 N–H and O–H groups in total. The third kappa shape index (κ3) is 3.13. The Kier molecular flexibility index (Phi) is 4.06. The lowest BCUT2D eigenvalue weighted by Gasteiger charge is -2.12. The Morgan fingerprint density at radius 2 is 1.70 bits per heavy atom. The minimum Gasteiger partial charge on any atom is -0.398 e. The van der Waals surface area contributed by atoms with Gasteiger partial charge in [-0.3, -0.25) is 4.72 Å². The Balaban J connectivity index is 2.38. The second-order valence-corrected chi connectivity index (χ2v) is 7.14. The van der Waals surface area contributed by atoms with E-state index in [2.05, 4.69) is 20.7 Å². The Labute approximate surface area is 127 Å². The number of benzene rings is 2. The summed E-state index contributed by atoms with van der Waals surface area (Å²) in [5.41, 5.74) is 8.66. The first-order valence-corrected chi connectivity index (χ1v) is 8.22. The van der Waals surface area contributed by atoms with Crippen LogP contribution in [0.15, 0.2) is 45.8 Å². The second-order valence-electron chi connectivity index (χ2n) is 4.61. The quantitative estimate of drug-likeness (QED) is 0.829. The van der Waals surface area contributed by atoms with Gasteiger partial charge in [-0.25, -0.2) is 8.42 Å². The highest BCUT2D eigenvalue weighted by atomic mass is 79.9. The standard InChI is InChI=1S/C14H15BrN2O2S/c1-9-3-5-11(6-4-9)20(18,19)17-14-8-13(16)10(2)7-12(14)15/h3-8,17H,16H2,1-2H3. The normalized spacial score (nSPS) is 11.3. The molecule has 0 heterocycles. The zero-order valence-corrected chi connectivity index (χ0v) is 13.5. The highest BCUT2D eigenvalue weighted by molar-refractivity contribution is 9.10. The van der Waals surface area contributed by atoms with Crippen molar-refractivity contribution >= 4 is 37.3 Å². The molecular weight excluding hydrogens is 340 g/mol. The number of hydrogen-bond acceptors (Lipinski definition) is 3. The van der Waals surface area contributed by atoms with E-state index < -0.39 is 10.0 Å². The molecule has 0 aliphatic rings. The van der Waals surface area contributed by atoms with Crippen LogP contribution in [0, 0.1) is 13.8 Å². The van der Waals surface area contributed by atoms with Crippen LogP contribution in [0.3, 0.4) is 0 Å². The lowest BCUT2D eigenvalue weighted by atomic mass is 10.2. The van der Waals surface area contributed by atoms with E-state index in [4.69, 9.17) is 5.73 Å². The number of hydrogen-bond donors (Lipinski definition) is 2. The van der Waals surface area contributed by atoms with Crippen LogP contribution in [-0.2, 0) is 10.0 Å². The number of anilines is 2. The van der Waals surface area contributed by atoms with E-state index in [0.717, 1.165) is 11.1 Å². The number of nitrogen functional groups attached to an aromatic ring is 1. The average Bonchev–Trinajstić information content (AvgIpc) is 2.36. The van der Waals surface area contributed by atoms with Gasteiger partial charge in [0.15, 0.2) is 0 Å². The fraction of sp³-hybridized carbons (Fsp3) is 0.143. The van der Waals surface area contributed by atoms with Crippen LogP contribution in [0.1, 0.15) is 11.1 Å². The minimum absolute atomic E-state index is 0.217. The number of sulfonamides is 1. The van der Waals surface area contributed by atoms with Gasteiger partial charge in [-0.15, -0.1) is 0 Å². The Bertz CT molecular complexity index is 741. The fourth-order valence-electron chi connectivity index (χ4n) is 1.69. The summed E-state index contributed by atoms with van der Waals surface area (Å²) in [6, 6.07) is 10.0. The minimum atomic E-state index is -3.62. The highest BCUT2D eigenvalue weighted by Crippen LogP contribution is 2.29. The fourth-order valence-corrected chi connectivity index (χ4v) is 3.45. The molecule has 0 radical (unpaired) electrons. The van der Waals surface area contributed by atoms with Crippen molar-refractivity contribution in [3.05, 3.63) is 52.0 Å². The largest absolute Gasteiger partial charge is 0.398 e. The van der Waals surface area contributed by atoms with Gasteiger partial charge < -0.3 is 5.73 Å². The summed E-state index contributed by atoms with van der Waals surface area (Å²) in [4.78, 5) is 0.217. The van der Waals surface area contributed by atoms with Crippen LogP contribution in [0.5, 0.6) is 0 Å². The first-order chi connectivity index (χ1) is 9.29. The predicted molar refractivity (Wildman–Crippen MR) is 85.3 cm³/mol. The summed E-state index contributed by atoms with van der Waals surface area (Å²) >= 11 is 3.34. The predicted octanol–water partition coefficient (Wildman–Crippen LogP) is 3.45. The Morgan fingerprint density at radius 3 is 2.30 bits per heavy atom. The maximum absolute atomic E-state index is 12.3. The number of halogens is 1. The lowest BCUT2D eigenvalue weighted by Crippen LogP contribution is -2.13. The number of nitrogens with one attached hydrogen (secondary N) is 1. The summed E-state index contributed by atoms with van der Waals surface area (Å²) in [6.45, 7) is 3.76. The second kappa shape index (κ2) is 5.46. The van der Waals surface area contributed by atoms with Crippen LogP contribution in [-0.4, -0.2) is 8.42 Å². The van der Waals surface area contributed by atoms with Gasteiger partial charge in [0.25, 0.3) is 10.0 Å². The van der Waals surface area contributed by atoms with E-state index in [1.807, 2.05) is 13.8 Å². The van der Waals surface area contributed by atoms with Crippen molar-refractivity contribution in [2.24, 2.45) is 0 Å². The molecule has 4 nitrogen and oxygen atoms in total. The van der Waals surface area contributed by atoms with Crippen molar-refractivity contribution in [3.63, 3.8) is 0 Å². The van der Waals surface area contributed by atoms with Crippen molar-refractivity contribution in [2.45, 2.75) is 18.7 Å². The molecule has 0 saturated carbocycles. The molecule has 0 amide bonds. The molecular formula is C14H15BrN2O2S. The highest BCUT2D eigenvalue weighted by Gasteiger charge is 2.16. The van der Waals surface area contributed by atoms with E-state index in [1.54, 1.807) is 36.4 Å². The number of aryl methyl sites for hydroxylation is 2. The monoisotopic (exact) mass is 354 g/mol. The van der Waals surface area contributed by atoms with Crippen molar-refractivity contribution < 1.29 is 8.42 Å². The Hall–Kier alpha value is -1.53. The van der Waals surface area contributed by atoms with Gasteiger partial charge in [-0.05, 0) is 59.6 Å². The summed E-state index contributed by atoms with van der Waals surface area (Å²) in [5.74, 6) is 0. The topological polar surface area (TPSA) is 72.2 Å². The van der Waals surface area contributed by atoms with Gasteiger partial charge in [0, 0.05) is 10.2 Å². The zero-order chi connectivity index (χ0) is 14.9. The first kappa shape index (κ1) is 14.9. The molecule has 20 heavy (non-hydrogen) atoms. The smallest absolute Gasteiger partial charge is 0.261 e. The van der Waals surface area contributed by atoms with Crippen LogP contribution < -0.4 is 10.5 Å². The molecule has 0 aliphatic carbocycles. The number of nitrogens with two attached hydrogens (primary N) is 1. The molecule has 0 aliphatic heterocycles. The Morgan fingerprint density at radius 1 is 1.10 bits per heavy atom. The molecule has 0 unspecified atom stereocenters. The summed E-state index contributed by atoms with van der Waals surface area (Å²) in [5, 5.41) is 0. The summed E-state index contributed by atoms with van der Waals surface area (Å²) in [7, 11) is -3.62. The molecule has 2 rings (SSSR count). The van der Waals surface area contributed by atoms with Gasteiger partial charge in [0.1, 0.15) is 0 Å². The van der Waals surface area contributed by atoms with E-state index in [9.17, 15) is 8.42 Å². The lowest BCUT2D eigenvalue weighted by molar-refractivity contribution is 0.601. The van der Waals surface area contributed by atoms with Gasteiger partial charge >= 0.3 is 0 Å². The number of rotatable bonds is 3. The maximum Gasteiger partial charge on any atom is 0.261 e. The van der Waals surface area contributed by atoms with Crippen LogP contribution in [0.25, 0.3) is 0 Å². The van der Waals surface area contributed by atoms with E-state index >= 15 is 0 Å². The SMILES string of the molecule is Cc1ccc(S(=O)(=O)Nc2cc(N)c(C)cc2Br)cc1. The molecule has 0 bridgehead atoms. The van der Waals surface area contributed by atoms with Gasteiger partial charge in [0.05, 0.1) is 10.6 Å². The average molecular weight is 355 g/mol. The van der Waals surface area contributed by atoms with Gasteiger partial charge in [0.2, 0.25) is 0 Å². The molecule has 0 saturated heterocycles. The van der Waals surface area contributed by atoms with Gasteiger partial charge in [-0.2, -0.15) is 0 Å². The van der Waals surface area contributed by atoms with Crippen LogP contribution >= 0.6 is 15.9 Å². The molecule has 2 aromatic carbocycles. The van der Waals surface area contributed by atoms with E-state index in [1.165, 1.54) is 0 Å². The van der Waals surface area contributed by atoms with E-state index in [0.29, 0.717) is 15.8 Å². The van der Waals surface area contributed by atoms with Crippen LogP contribution in [0.4, 0.5) is 11.4 Å². The van der Waals surface area contributed by atoms with Crippen molar-refractivity contribution in [1.29, 1.82) is 0 Å². The summed E-state index contributed by atoms with van der Waals surface area (Å²) < 4.78 is 27.8. The molecule has 0 atom stereocenters. The van der Waals surface area contributed by atoms with Crippen molar-refractivity contribution in [1.82, 2.24) is 0 Å². The molecule has 0 aromatic heterocycles. The van der Waals surface area contributed by atoms with Crippen molar-refractivity contribution in [2.75, 3.05) is 10.5 Å². The molecule has 6 heteroatoms. The first-order valence-electron chi connectivity index (χ1n) is 5.95. The molecule has 2 aromatic rings. The third-order valence-electron chi connectivity index (χ3n) is 2.93. The van der Waals surface area contributed by atoms with Crippen molar-refractivity contribution in [3.8, 4) is 0 Å². The third-order valence-corrected chi connectivity index (χ3v) is 4.97. The van der Waals surface area contributed by atoms with Crippen LogP contribution in [0.2, 0.25) is 0 Å². The molecule has 0 spiro atoms. The molecule has 0 fully saturated rings. The summed E-state index contributed by atoms with van der Waals surface area (Å²) in [6.07, 6.45) is 0.